The average Bonchev–Trinajstić information content (AvgIpc) is 2.07. The van der Waals surface area contributed by atoms with Gasteiger partial charge in [0.05, 0.1) is 5.35 Å². The lowest BCUT2D eigenvalue weighted by atomic mass is 9.87. The molecule has 1 aromatic rings. The first-order valence-corrected chi connectivity index (χ1v) is 4.72. The van der Waals surface area contributed by atoms with Crippen LogP contribution >= 0.6 is 0 Å². The van der Waals surface area contributed by atoms with E-state index in [-0.39, 0.29) is 5.41 Å². The summed E-state index contributed by atoms with van der Waals surface area (Å²) in [5.74, 6) is 0. The highest BCUT2D eigenvalue weighted by Gasteiger charge is 2.11. The Morgan fingerprint density at radius 2 is 2.07 bits per heavy atom. The molecule has 0 bridgehead atoms. The van der Waals surface area contributed by atoms with Crippen LogP contribution in [0.5, 0.6) is 0 Å². The lowest BCUT2D eigenvalue weighted by Crippen LogP contribution is -2.26. The van der Waals surface area contributed by atoms with E-state index in [0.717, 1.165) is 16.1 Å². The van der Waals surface area contributed by atoms with Crippen molar-refractivity contribution in [3.05, 3.63) is 41.0 Å². The topological polar surface area (TPSA) is 12.9 Å². The first-order chi connectivity index (χ1) is 6.41. The smallest absolute Gasteiger partial charge is 0.0630 e. The number of hydrogen-bond acceptors (Lipinski definition) is 1. The standard InChI is InChI=1S/C13H17N/c1-10(13(3,4)5)9-12-7-6-8-14-11(12)2/h6-9H,1-2H2,3-5H3/b12-9-. The Kier molecular flexibility index (Phi) is 2.90. The van der Waals surface area contributed by atoms with Crippen LogP contribution in [0.25, 0.3) is 12.7 Å². The number of allylic oxidation sites excluding steroid dienone is 1. The van der Waals surface area contributed by atoms with E-state index in [9.17, 15) is 0 Å². The molecule has 0 aliphatic carbocycles. The lowest BCUT2D eigenvalue weighted by Gasteiger charge is -2.18. The fourth-order valence-corrected chi connectivity index (χ4v) is 0.986. The van der Waals surface area contributed by atoms with Crippen LogP contribution in [0.1, 0.15) is 20.8 Å². The minimum atomic E-state index is 0.0995. The second kappa shape index (κ2) is 3.79. The molecular weight excluding hydrogens is 170 g/mol. The van der Waals surface area contributed by atoms with E-state index in [4.69, 9.17) is 0 Å². The predicted molar refractivity (Wildman–Crippen MR) is 62.1 cm³/mol. The summed E-state index contributed by atoms with van der Waals surface area (Å²) in [5, 5.41) is 1.85. The van der Waals surface area contributed by atoms with Crippen molar-refractivity contribution in [2.75, 3.05) is 0 Å². The molecule has 0 atom stereocenters. The first kappa shape index (κ1) is 10.7. The van der Waals surface area contributed by atoms with Gasteiger partial charge >= 0.3 is 0 Å². The molecule has 1 nitrogen and oxygen atoms in total. The number of hydrogen-bond donors (Lipinski definition) is 0. The summed E-state index contributed by atoms with van der Waals surface area (Å²) >= 11 is 0. The van der Waals surface area contributed by atoms with E-state index in [1.165, 1.54) is 0 Å². The van der Waals surface area contributed by atoms with Crippen molar-refractivity contribution in [2.45, 2.75) is 20.8 Å². The Hall–Kier alpha value is -1.37. The van der Waals surface area contributed by atoms with Crippen LogP contribution in [0.2, 0.25) is 0 Å². The highest BCUT2D eigenvalue weighted by atomic mass is 14.6. The first-order valence-electron chi connectivity index (χ1n) is 4.72. The summed E-state index contributed by atoms with van der Waals surface area (Å²) in [4.78, 5) is 4.13. The van der Waals surface area contributed by atoms with E-state index in [1.54, 1.807) is 6.20 Å². The lowest BCUT2D eigenvalue weighted by molar-refractivity contribution is 0.525. The van der Waals surface area contributed by atoms with Crippen LogP contribution in [-0.4, -0.2) is 4.98 Å². The second-order valence-electron chi connectivity index (χ2n) is 4.46. The molecular formula is C13H17N. The zero-order valence-corrected chi connectivity index (χ0v) is 9.17. The Morgan fingerprint density at radius 3 is 2.57 bits per heavy atom. The van der Waals surface area contributed by atoms with E-state index in [1.807, 2.05) is 12.1 Å². The molecule has 0 fully saturated rings. The molecule has 1 heterocycles. The molecule has 1 aromatic heterocycles. The monoisotopic (exact) mass is 187 g/mol. The van der Waals surface area contributed by atoms with Gasteiger partial charge in [0.15, 0.2) is 0 Å². The van der Waals surface area contributed by atoms with Gasteiger partial charge in [-0.3, -0.25) is 4.98 Å². The molecule has 0 saturated carbocycles. The summed E-state index contributed by atoms with van der Waals surface area (Å²) in [6.45, 7) is 14.4. The molecule has 0 aliphatic heterocycles. The molecule has 0 aliphatic rings. The van der Waals surface area contributed by atoms with E-state index in [2.05, 4.69) is 45.0 Å². The minimum absolute atomic E-state index is 0.0995. The third-order valence-electron chi connectivity index (χ3n) is 2.22. The molecule has 0 radical (unpaired) electrons. The molecule has 1 rings (SSSR count). The maximum Gasteiger partial charge on any atom is 0.0630 e. The number of pyridine rings is 1. The van der Waals surface area contributed by atoms with Gasteiger partial charge < -0.3 is 0 Å². The van der Waals surface area contributed by atoms with Gasteiger partial charge in [0.2, 0.25) is 0 Å². The van der Waals surface area contributed by atoms with Gasteiger partial charge in [-0.1, -0.05) is 40.0 Å². The van der Waals surface area contributed by atoms with Crippen LogP contribution in [0, 0.1) is 5.41 Å². The average molecular weight is 187 g/mol. The molecule has 0 aromatic carbocycles. The Balaban J connectivity index is 3.19. The van der Waals surface area contributed by atoms with Crippen LogP contribution in [-0.2, 0) is 0 Å². The molecule has 0 saturated heterocycles. The van der Waals surface area contributed by atoms with Crippen LogP contribution in [0.4, 0.5) is 0 Å². The molecule has 1 heteroatoms. The number of aromatic nitrogens is 1. The van der Waals surface area contributed by atoms with Crippen molar-refractivity contribution in [2.24, 2.45) is 5.41 Å². The SMILES string of the molecule is C=C(/C=c1/cccnc1=C)C(C)(C)C. The van der Waals surface area contributed by atoms with Gasteiger partial charge in [-0.25, -0.2) is 0 Å². The quantitative estimate of drug-likeness (QED) is 0.654. The zero-order valence-electron chi connectivity index (χ0n) is 9.17. The summed E-state index contributed by atoms with van der Waals surface area (Å²) in [6.07, 6.45) is 3.80. The summed E-state index contributed by atoms with van der Waals surface area (Å²) in [6, 6.07) is 3.92. The van der Waals surface area contributed by atoms with E-state index in [0.29, 0.717) is 0 Å². The second-order valence-corrected chi connectivity index (χ2v) is 4.46. The fourth-order valence-electron chi connectivity index (χ4n) is 0.986. The highest BCUT2D eigenvalue weighted by molar-refractivity contribution is 5.47. The van der Waals surface area contributed by atoms with Crippen molar-refractivity contribution >= 4 is 12.7 Å². The molecule has 14 heavy (non-hydrogen) atoms. The van der Waals surface area contributed by atoms with Gasteiger partial charge in [0.25, 0.3) is 0 Å². The van der Waals surface area contributed by atoms with Gasteiger partial charge in [-0.15, -0.1) is 0 Å². The van der Waals surface area contributed by atoms with Gasteiger partial charge in [-0.2, -0.15) is 0 Å². The zero-order chi connectivity index (χ0) is 10.8. The van der Waals surface area contributed by atoms with Crippen molar-refractivity contribution < 1.29 is 0 Å². The van der Waals surface area contributed by atoms with Crippen LogP contribution in [0.15, 0.2) is 30.5 Å². The van der Waals surface area contributed by atoms with Crippen LogP contribution in [0.3, 0.4) is 0 Å². The molecule has 0 spiro atoms. The number of nitrogens with zero attached hydrogens (tertiary/aromatic N) is 1. The third kappa shape index (κ3) is 2.56. The van der Waals surface area contributed by atoms with Crippen molar-refractivity contribution in [1.82, 2.24) is 4.98 Å². The Labute approximate surface area is 85.5 Å². The largest absolute Gasteiger partial charge is 0.257 e. The van der Waals surface area contributed by atoms with Crippen LogP contribution < -0.4 is 10.6 Å². The minimum Gasteiger partial charge on any atom is -0.257 e. The van der Waals surface area contributed by atoms with Gasteiger partial charge in [0, 0.05) is 6.20 Å². The normalized spacial score (nSPS) is 12.9. The van der Waals surface area contributed by atoms with E-state index >= 15 is 0 Å². The fraction of sp³-hybridized carbons (Fsp3) is 0.308. The third-order valence-corrected chi connectivity index (χ3v) is 2.22. The Bertz CT molecular complexity index is 435. The maximum atomic E-state index is 4.13. The van der Waals surface area contributed by atoms with Crippen molar-refractivity contribution in [3.8, 4) is 0 Å². The Morgan fingerprint density at radius 1 is 1.43 bits per heavy atom. The summed E-state index contributed by atoms with van der Waals surface area (Å²) in [7, 11) is 0. The molecule has 0 amide bonds. The van der Waals surface area contributed by atoms with Crippen molar-refractivity contribution in [3.63, 3.8) is 0 Å². The number of rotatable bonds is 1. The highest BCUT2D eigenvalue weighted by Crippen LogP contribution is 2.23. The summed E-state index contributed by atoms with van der Waals surface area (Å²) in [5.41, 5.74) is 1.19. The predicted octanol–water partition coefficient (Wildman–Crippen LogP) is 1.87. The van der Waals surface area contributed by atoms with Crippen molar-refractivity contribution in [1.29, 1.82) is 0 Å². The summed E-state index contributed by atoms with van der Waals surface area (Å²) < 4.78 is 0. The molecule has 0 unspecified atom stereocenters. The molecule has 0 N–H and O–H groups in total. The maximum absolute atomic E-state index is 4.13. The van der Waals surface area contributed by atoms with Gasteiger partial charge in [0.1, 0.15) is 0 Å². The van der Waals surface area contributed by atoms with E-state index < -0.39 is 0 Å². The van der Waals surface area contributed by atoms with Gasteiger partial charge in [-0.05, 0) is 28.3 Å². The molecule has 74 valence electrons.